The standard InChI is InChI=1S/C24H23N5O3/c1-15-4-3-5-18-16(2)23(32-22(15)18)24(30)29-10-11-31-20(14-29)19-7-6-17(12-27-19)28-21-13-25-8-9-26-21/h3-9,12-13,20H,10-11,14H2,1-2H3,(H,26,28)/t20-/m1/s1. The van der Waals surface area contributed by atoms with Gasteiger partial charge in [0.05, 0.1) is 36.9 Å². The van der Waals surface area contributed by atoms with Crippen molar-refractivity contribution in [2.24, 2.45) is 0 Å². The number of ether oxygens (including phenoxy) is 1. The molecule has 0 bridgehead atoms. The van der Waals surface area contributed by atoms with E-state index in [1.54, 1.807) is 29.7 Å². The Labute approximate surface area is 185 Å². The minimum atomic E-state index is -0.301. The molecule has 32 heavy (non-hydrogen) atoms. The van der Waals surface area contributed by atoms with E-state index < -0.39 is 0 Å². The average molecular weight is 429 g/mol. The number of hydrogen-bond donors (Lipinski definition) is 1. The zero-order valence-electron chi connectivity index (χ0n) is 17.9. The second-order valence-corrected chi connectivity index (χ2v) is 7.81. The van der Waals surface area contributed by atoms with Gasteiger partial charge in [-0.15, -0.1) is 0 Å². The van der Waals surface area contributed by atoms with Crippen LogP contribution < -0.4 is 5.32 Å². The number of pyridine rings is 1. The molecular formula is C24H23N5O3. The molecule has 4 aromatic rings. The minimum absolute atomic E-state index is 0.118. The second-order valence-electron chi connectivity index (χ2n) is 7.81. The molecule has 0 radical (unpaired) electrons. The predicted octanol–water partition coefficient (Wildman–Crippen LogP) is 4.19. The number of hydrogen-bond acceptors (Lipinski definition) is 7. The molecule has 0 saturated carbocycles. The van der Waals surface area contributed by atoms with Crippen LogP contribution >= 0.6 is 0 Å². The summed E-state index contributed by atoms with van der Waals surface area (Å²) in [5, 5.41) is 4.13. The van der Waals surface area contributed by atoms with Gasteiger partial charge in [-0.3, -0.25) is 14.8 Å². The maximum Gasteiger partial charge on any atom is 0.290 e. The number of amides is 1. The fourth-order valence-electron chi connectivity index (χ4n) is 3.93. The summed E-state index contributed by atoms with van der Waals surface area (Å²) >= 11 is 0. The molecule has 1 aliphatic rings. The lowest BCUT2D eigenvalue weighted by Crippen LogP contribution is -2.42. The number of carbonyl (C=O) groups is 1. The van der Waals surface area contributed by atoms with Gasteiger partial charge in [0.1, 0.15) is 17.5 Å². The van der Waals surface area contributed by atoms with Gasteiger partial charge in [0.15, 0.2) is 5.76 Å². The summed E-state index contributed by atoms with van der Waals surface area (Å²) in [7, 11) is 0. The van der Waals surface area contributed by atoms with Crippen LogP contribution in [0.4, 0.5) is 11.5 Å². The molecule has 1 atom stereocenters. The molecule has 1 fully saturated rings. The van der Waals surface area contributed by atoms with Crippen LogP contribution in [0.5, 0.6) is 0 Å². The van der Waals surface area contributed by atoms with Gasteiger partial charge < -0.3 is 19.4 Å². The van der Waals surface area contributed by atoms with Crippen LogP contribution in [0.25, 0.3) is 11.0 Å². The van der Waals surface area contributed by atoms with Crippen LogP contribution in [0.15, 0.2) is 59.5 Å². The fraction of sp³-hybridized carbons (Fsp3) is 0.250. The predicted molar refractivity (Wildman–Crippen MR) is 120 cm³/mol. The Balaban J connectivity index is 1.32. The highest BCUT2D eigenvalue weighted by molar-refractivity contribution is 5.99. The number of aromatic nitrogens is 3. The smallest absolute Gasteiger partial charge is 0.290 e. The number of benzene rings is 1. The summed E-state index contributed by atoms with van der Waals surface area (Å²) < 4.78 is 11.9. The van der Waals surface area contributed by atoms with E-state index in [1.807, 2.05) is 44.2 Å². The molecule has 162 valence electrons. The lowest BCUT2D eigenvalue weighted by molar-refractivity contribution is -0.0256. The lowest BCUT2D eigenvalue weighted by Gasteiger charge is -2.32. The zero-order chi connectivity index (χ0) is 22.1. The van der Waals surface area contributed by atoms with Crippen LogP contribution in [0.2, 0.25) is 0 Å². The van der Waals surface area contributed by atoms with Crippen molar-refractivity contribution < 1.29 is 13.9 Å². The first-order valence-corrected chi connectivity index (χ1v) is 10.5. The Hall–Kier alpha value is -3.78. The van der Waals surface area contributed by atoms with E-state index in [0.29, 0.717) is 31.3 Å². The van der Waals surface area contributed by atoms with Crippen molar-refractivity contribution in [1.82, 2.24) is 19.9 Å². The van der Waals surface area contributed by atoms with E-state index in [4.69, 9.17) is 9.15 Å². The average Bonchev–Trinajstić information content (AvgIpc) is 3.18. The van der Waals surface area contributed by atoms with Crippen LogP contribution in [-0.4, -0.2) is 45.5 Å². The Morgan fingerprint density at radius 1 is 1.12 bits per heavy atom. The summed E-state index contributed by atoms with van der Waals surface area (Å²) in [6.45, 7) is 5.28. The molecule has 3 aromatic heterocycles. The van der Waals surface area contributed by atoms with Crippen LogP contribution in [0, 0.1) is 13.8 Å². The van der Waals surface area contributed by atoms with Crippen molar-refractivity contribution >= 4 is 28.4 Å². The molecule has 1 aliphatic heterocycles. The number of aryl methyl sites for hydroxylation is 2. The number of fused-ring (bicyclic) bond motifs is 1. The number of anilines is 2. The van der Waals surface area contributed by atoms with E-state index in [-0.39, 0.29) is 12.0 Å². The molecule has 0 spiro atoms. The van der Waals surface area contributed by atoms with Crippen LogP contribution in [0.1, 0.15) is 33.5 Å². The molecule has 8 nitrogen and oxygen atoms in total. The number of para-hydroxylation sites is 1. The normalized spacial score (nSPS) is 16.3. The van der Waals surface area contributed by atoms with Gasteiger partial charge in [-0.05, 0) is 31.5 Å². The topological polar surface area (TPSA) is 93.4 Å². The Morgan fingerprint density at radius 2 is 2.03 bits per heavy atom. The summed E-state index contributed by atoms with van der Waals surface area (Å²) in [5.74, 6) is 0.919. The zero-order valence-corrected chi connectivity index (χ0v) is 17.9. The first kappa shape index (κ1) is 20.1. The number of carbonyl (C=O) groups excluding carboxylic acids is 1. The van der Waals surface area contributed by atoms with Crippen molar-refractivity contribution in [2.75, 3.05) is 25.0 Å². The largest absolute Gasteiger partial charge is 0.450 e. The van der Waals surface area contributed by atoms with Gasteiger partial charge in [-0.25, -0.2) is 4.98 Å². The summed E-state index contributed by atoms with van der Waals surface area (Å²) in [6.07, 6.45) is 6.30. The number of morpholine rings is 1. The van der Waals surface area contributed by atoms with Crippen molar-refractivity contribution in [3.8, 4) is 0 Å². The molecule has 1 amide bonds. The molecule has 0 unspecified atom stereocenters. The molecule has 1 saturated heterocycles. The highest BCUT2D eigenvalue weighted by Gasteiger charge is 2.30. The molecule has 1 aromatic carbocycles. The summed E-state index contributed by atoms with van der Waals surface area (Å²) in [5.41, 5.74) is 4.22. The number of furan rings is 1. The monoisotopic (exact) mass is 429 g/mol. The maximum atomic E-state index is 13.3. The molecule has 1 N–H and O–H groups in total. The van der Waals surface area contributed by atoms with Crippen molar-refractivity contribution in [1.29, 1.82) is 0 Å². The van der Waals surface area contributed by atoms with Crippen molar-refractivity contribution in [2.45, 2.75) is 20.0 Å². The van der Waals surface area contributed by atoms with Gasteiger partial charge in [0.2, 0.25) is 0 Å². The molecule has 0 aliphatic carbocycles. The van der Waals surface area contributed by atoms with E-state index in [9.17, 15) is 4.79 Å². The van der Waals surface area contributed by atoms with E-state index >= 15 is 0 Å². The van der Waals surface area contributed by atoms with E-state index in [2.05, 4.69) is 20.3 Å². The number of rotatable bonds is 4. The fourth-order valence-corrected chi connectivity index (χ4v) is 3.93. The third kappa shape index (κ3) is 3.80. The highest BCUT2D eigenvalue weighted by Crippen LogP contribution is 2.30. The third-order valence-corrected chi connectivity index (χ3v) is 5.66. The van der Waals surface area contributed by atoms with Gasteiger partial charge in [0.25, 0.3) is 5.91 Å². The van der Waals surface area contributed by atoms with Gasteiger partial charge in [0, 0.05) is 29.9 Å². The van der Waals surface area contributed by atoms with Crippen molar-refractivity contribution in [3.05, 3.63) is 77.7 Å². The summed E-state index contributed by atoms with van der Waals surface area (Å²) in [6, 6.07) is 9.76. The van der Waals surface area contributed by atoms with Crippen LogP contribution in [-0.2, 0) is 4.74 Å². The molecule has 5 rings (SSSR count). The third-order valence-electron chi connectivity index (χ3n) is 5.66. The van der Waals surface area contributed by atoms with Crippen LogP contribution in [0.3, 0.4) is 0 Å². The number of nitrogens with one attached hydrogen (secondary N) is 1. The maximum absolute atomic E-state index is 13.3. The van der Waals surface area contributed by atoms with Gasteiger partial charge >= 0.3 is 0 Å². The molecular weight excluding hydrogens is 406 g/mol. The molecule has 8 heteroatoms. The lowest BCUT2D eigenvalue weighted by atomic mass is 10.1. The van der Waals surface area contributed by atoms with Gasteiger partial charge in [-0.1, -0.05) is 18.2 Å². The Bertz CT molecular complexity index is 1250. The SMILES string of the molecule is Cc1c(C(=O)N2CCO[C@@H](c3ccc(Nc4cnccn4)cn3)C2)oc2c(C)cccc12. The Morgan fingerprint density at radius 3 is 2.78 bits per heavy atom. The second kappa shape index (κ2) is 8.39. The summed E-state index contributed by atoms with van der Waals surface area (Å²) in [4.78, 5) is 27.8. The first-order chi connectivity index (χ1) is 15.6. The first-order valence-electron chi connectivity index (χ1n) is 10.5. The minimum Gasteiger partial charge on any atom is -0.450 e. The van der Waals surface area contributed by atoms with E-state index in [0.717, 1.165) is 33.5 Å². The van der Waals surface area contributed by atoms with Gasteiger partial charge in [-0.2, -0.15) is 0 Å². The van der Waals surface area contributed by atoms with Crippen molar-refractivity contribution in [3.63, 3.8) is 0 Å². The van der Waals surface area contributed by atoms with E-state index in [1.165, 1.54) is 0 Å². The quantitative estimate of drug-likeness (QED) is 0.520. The highest BCUT2D eigenvalue weighted by atomic mass is 16.5. The number of nitrogens with zero attached hydrogens (tertiary/aromatic N) is 4. The molecule has 4 heterocycles. The Kier molecular flexibility index (Phi) is 5.28.